The van der Waals surface area contributed by atoms with E-state index in [9.17, 15) is 9.59 Å². The molecule has 4 rings (SSSR count). The number of aryl methyl sites for hydroxylation is 1. The molecule has 3 heterocycles. The average Bonchev–Trinajstić information content (AvgIpc) is 3.55. The topological polar surface area (TPSA) is 88.3 Å². The number of aromatic nitrogens is 2. The van der Waals surface area contributed by atoms with Gasteiger partial charge in [0, 0.05) is 18.8 Å². The standard InChI is InChI=1S/C25H30N4O3S/c1-15(2)23(21-12-16(3)28-32-21)25(31)29-11-5-6-20(29)24(30)27-17(4)18-7-9-19(10-8-18)22-13-26-14-33-22/h7-10,12-15,17,20,23H,5-6,11H2,1-4H3,(H,27,30)/t17-,20-,23?/m0/s1. The number of carbonyl (C=O) groups excluding carboxylic acids is 2. The van der Waals surface area contributed by atoms with Gasteiger partial charge in [0.25, 0.3) is 0 Å². The first-order chi connectivity index (χ1) is 15.8. The van der Waals surface area contributed by atoms with Gasteiger partial charge in [0.2, 0.25) is 11.8 Å². The van der Waals surface area contributed by atoms with Crippen molar-refractivity contribution in [1.29, 1.82) is 0 Å². The lowest BCUT2D eigenvalue weighted by Crippen LogP contribution is -2.48. The monoisotopic (exact) mass is 466 g/mol. The Morgan fingerprint density at radius 1 is 1.21 bits per heavy atom. The fourth-order valence-corrected chi connectivity index (χ4v) is 5.06. The Morgan fingerprint density at radius 2 is 1.97 bits per heavy atom. The summed E-state index contributed by atoms with van der Waals surface area (Å²) in [4.78, 5) is 33.6. The van der Waals surface area contributed by atoms with E-state index in [0.717, 1.165) is 28.1 Å². The number of rotatable bonds is 7. The molecular weight excluding hydrogens is 436 g/mol. The van der Waals surface area contributed by atoms with Crippen molar-refractivity contribution in [3.05, 3.63) is 59.1 Å². The lowest BCUT2D eigenvalue weighted by atomic mass is 9.91. The molecule has 2 amide bonds. The fraction of sp³-hybridized carbons (Fsp3) is 0.440. The second-order valence-corrected chi connectivity index (χ2v) is 9.89. The molecule has 0 spiro atoms. The summed E-state index contributed by atoms with van der Waals surface area (Å²) in [7, 11) is 0. The van der Waals surface area contributed by atoms with Crippen LogP contribution in [0.4, 0.5) is 0 Å². The van der Waals surface area contributed by atoms with E-state index in [0.29, 0.717) is 18.7 Å². The lowest BCUT2D eigenvalue weighted by molar-refractivity contribution is -0.141. The summed E-state index contributed by atoms with van der Waals surface area (Å²) in [6.07, 6.45) is 3.32. The van der Waals surface area contributed by atoms with Gasteiger partial charge in [0.1, 0.15) is 17.7 Å². The van der Waals surface area contributed by atoms with Crippen molar-refractivity contribution < 1.29 is 14.1 Å². The molecule has 0 radical (unpaired) electrons. The molecular formula is C25H30N4O3S. The van der Waals surface area contributed by atoms with Crippen LogP contribution in [0.15, 0.2) is 46.6 Å². The van der Waals surface area contributed by atoms with Crippen LogP contribution in [0, 0.1) is 12.8 Å². The maximum absolute atomic E-state index is 13.5. The Morgan fingerprint density at radius 3 is 2.58 bits per heavy atom. The number of nitrogens with zero attached hydrogens (tertiary/aromatic N) is 3. The Kier molecular flexibility index (Phi) is 6.93. The first-order valence-corrected chi connectivity index (χ1v) is 12.3. The van der Waals surface area contributed by atoms with Crippen molar-refractivity contribution in [1.82, 2.24) is 20.4 Å². The molecule has 1 fully saturated rings. The van der Waals surface area contributed by atoms with E-state index in [-0.39, 0.29) is 23.8 Å². The number of carbonyl (C=O) groups is 2. The van der Waals surface area contributed by atoms with E-state index in [1.165, 1.54) is 0 Å². The number of benzene rings is 1. The molecule has 8 heteroatoms. The van der Waals surface area contributed by atoms with Crippen molar-refractivity contribution in [2.45, 2.75) is 58.5 Å². The summed E-state index contributed by atoms with van der Waals surface area (Å²) in [5.74, 6) is -0.0362. The molecule has 0 aliphatic carbocycles. The summed E-state index contributed by atoms with van der Waals surface area (Å²) in [6, 6.07) is 9.32. The Labute approximate surface area is 198 Å². The summed E-state index contributed by atoms with van der Waals surface area (Å²) in [5, 5.41) is 7.06. The van der Waals surface area contributed by atoms with Crippen molar-refractivity contribution >= 4 is 23.2 Å². The van der Waals surface area contributed by atoms with Crippen LogP contribution in [0.2, 0.25) is 0 Å². The highest BCUT2D eigenvalue weighted by atomic mass is 32.1. The molecule has 1 saturated heterocycles. The van der Waals surface area contributed by atoms with Crippen molar-refractivity contribution in [2.75, 3.05) is 6.54 Å². The van der Waals surface area contributed by atoms with E-state index >= 15 is 0 Å². The molecule has 7 nitrogen and oxygen atoms in total. The molecule has 1 unspecified atom stereocenters. The van der Waals surface area contributed by atoms with Gasteiger partial charge >= 0.3 is 0 Å². The molecule has 174 valence electrons. The van der Waals surface area contributed by atoms with Gasteiger partial charge in [0.05, 0.1) is 22.1 Å². The van der Waals surface area contributed by atoms with Crippen LogP contribution in [0.5, 0.6) is 0 Å². The Balaban J connectivity index is 1.44. The zero-order chi connectivity index (χ0) is 23.5. The van der Waals surface area contributed by atoms with E-state index in [1.54, 1.807) is 16.2 Å². The van der Waals surface area contributed by atoms with E-state index in [2.05, 4.69) is 15.5 Å². The van der Waals surface area contributed by atoms with E-state index < -0.39 is 12.0 Å². The third kappa shape index (κ3) is 5.00. The van der Waals surface area contributed by atoms with Gasteiger partial charge in [-0.3, -0.25) is 14.6 Å². The zero-order valence-electron chi connectivity index (χ0n) is 19.4. The van der Waals surface area contributed by atoms with Crippen molar-refractivity contribution in [3.63, 3.8) is 0 Å². The minimum atomic E-state index is -0.471. The van der Waals surface area contributed by atoms with Crippen molar-refractivity contribution in [3.8, 4) is 10.4 Å². The third-order valence-electron chi connectivity index (χ3n) is 6.21. The molecule has 0 saturated carbocycles. The van der Waals surface area contributed by atoms with Gasteiger partial charge < -0.3 is 14.7 Å². The second-order valence-electron chi connectivity index (χ2n) is 9.00. The first kappa shape index (κ1) is 23.2. The van der Waals surface area contributed by atoms with Gasteiger partial charge in [-0.05, 0) is 43.7 Å². The minimum absolute atomic E-state index is 0.0325. The largest absolute Gasteiger partial charge is 0.360 e. The third-order valence-corrected chi connectivity index (χ3v) is 7.03. The number of nitrogens with one attached hydrogen (secondary N) is 1. The average molecular weight is 467 g/mol. The molecule has 0 bridgehead atoms. The van der Waals surface area contributed by atoms with Gasteiger partial charge in [-0.15, -0.1) is 11.3 Å². The maximum Gasteiger partial charge on any atom is 0.243 e. The fourth-order valence-electron chi connectivity index (χ4n) is 4.43. The number of hydrogen-bond acceptors (Lipinski definition) is 6. The van der Waals surface area contributed by atoms with Gasteiger partial charge in [-0.2, -0.15) is 0 Å². The normalized spacial score (nSPS) is 17.8. The second kappa shape index (κ2) is 9.87. The summed E-state index contributed by atoms with van der Waals surface area (Å²) >= 11 is 1.60. The number of hydrogen-bond donors (Lipinski definition) is 1. The zero-order valence-corrected chi connectivity index (χ0v) is 20.3. The molecule has 1 aliphatic heterocycles. The molecule has 2 aromatic heterocycles. The van der Waals surface area contributed by atoms with Crippen LogP contribution < -0.4 is 5.32 Å². The predicted molar refractivity (Wildman–Crippen MR) is 128 cm³/mol. The highest BCUT2D eigenvalue weighted by Gasteiger charge is 2.40. The summed E-state index contributed by atoms with van der Waals surface area (Å²) in [6.45, 7) is 8.36. The number of likely N-dealkylation sites (tertiary alicyclic amines) is 1. The Hall–Kier alpha value is -3.00. The molecule has 1 N–H and O–H groups in total. The predicted octanol–water partition coefficient (Wildman–Crippen LogP) is 4.71. The first-order valence-electron chi connectivity index (χ1n) is 11.4. The maximum atomic E-state index is 13.5. The minimum Gasteiger partial charge on any atom is -0.360 e. The highest BCUT2D eigenvalue weighted by molar-refractivity contribution is 7.13. The van der Waals surface area contributed by atoms with Crippen LogP contribution >= 0.6 is 11.3 Å². The van der Waals surface area contributed by atoms with Crippen LogP contribution in [-0.4, -0.2) is 39.4 Å². The highest BCUT2D eigenvalue weighted by Crippen LogP contribution is 2.31. The van der Waals surface area contributed by atoms with Gasteiger partial charge in [-0.1, -0.05) is 43.3 Å². The molecule has 1 aromatic carbocycles. The van der Waals surface area contributed by atoms with Crippen LogP contribution in [0.25, 0.3) is 10.4 Å². The van der Waals surface area contributed by atoms with E-state index in [4.69, 9.17) is 4.52 Å². The van der Waals surface area contributed by atoms with Crippen LogP contribution in [-0.2, 0) is 9.59 Å². The summed E-state index contributed by atoms with van der Waals surface area (Å²) < 4.78 is 5.42. The number of thiazole rings is 1. The summed E-state index contributed by atoms with van der Waals surface area (Å²) in [5.41, 5.74) is 4.68. The smallest absolute Gasteiger partial charge is 0.243 e. The van der Waals surface area contributed by atoms with Crippen LogP contribution in [0.3, 0.4) is 0 Å². The van der Waals surface area contributed by atoms with Gasteiger partial charge in [-0.25, -0.2) is 0 Å². The molecule has 3 atom stereocenters. The lowest BCUT2D eigenvalue weighted by Gasteiger charge is -2.29. The van der Waals surface area contributed by atoms with E-state index in [1.807, 2.05) is 69.7 Å². The SMILES string of the molecule is Cc1cc(C(C(=O)N2CCC[C@H]2C(=O)N[C@@H](C)c2ccc(-c3cncs3)cc2)C(C)C)on1. The molecule has 33 heavy (non-hydrogen) atoms. The molecule has 1 aliphatic rings. The van der Waals surface area contributed by atoms with Gasteiger partial charge in [0.15, 0.2) is 0 Å². The van der Waals surface area contributed by atoms with Crippen molar-refractivity contribution in [2.24, 2.45) is 5.92 Å². The van der Waals surface area contributed by atoms with Crippen LogP contribution in [0.1, 0.15) is 62.6 Å². The molecule has 3 aromatic rings. The Bertz CT molecular complexity index is 1090. The quantitative estimate of drug-likeness (QED) is 0.545. The number of amides is 2.